The molecule has 8 nitrogen and oxygen atoms in total. The number of carbonyl (C=O) groups is 1. The predicted molar refractivity (Wildman–Crippen MR) is 114 cm³/mol. The average Bonchev–Trinajstić information content (AvgIpc) is 3.29. The van der Waals surface area contributed by atoms with Gasteiger partial charge in [0.05, 0.1) is 22.8 Å². The van der Waals surface area contributed by atoms with Gasteiger partial charge in [-0.25, -0.2) is 14.4 Å². The van der Waals surface area contributed by atoms with Crippen LogP contribution in [0.4, 0.5) is 10.2 Å². The van der Waals surface area contributed by atoms with Gasteiger partial charge in [0.2, 0.25) is 0 Å². The Hall–Kier alpha value is -3.88. The number of amides is 1. The van der Waals surface area contributed by atoms with E-state index in [2.05, 4.69) is 35.4 Å². The van der Waals surface area contributed by atoms with Crippen molar-refractivity contribution in [3.05, 3.63) is 66.5 Å². The molecule has 31 heavy (non-hydrogen) atoms. The van der Waals surface area contributed by atoms with Crippen molar-refractivity contribution in [2.75, 3.05) is 18.0 Å². The van der Waals surface area contributed by atoms with Crippen molar-refractivity contribution in [2.24, 2.45) is 0 Å². The number of hydrogen-bond donors (Lipinski definition) is 2. The lowest BCUT2D eigenvalue weighted by Gasteiger charge is -2.33. The van der Waals surface area contributed by atoms with Gasteiger partial charge in [0, 0.05) is 30.9 Å². The first kappa shape index (κ1) is 19.1. The second-order valence-electron chi connectivity index (χ2n) is 7.51. The normalized spacial score (nSPS) is 14.7. The molecule has 3 aromatic heterocycles. The molecule has 5 rings (SSSR count). The summed E-state index contributed by atoms with van der Waals surface area (Å²) in [5.41, 5.74) is 2.50. The van der Waals surface area contributed by atoms with Gasteiger partial charge in [-0.2, -0.15) is 5.10 Å². The summed E-state index contributed by atoms with van der Waals surface area (Å²) < 4.78 is 13.4. The summed E-state index contributed by atoms with van der Waals surface area (Å²) in [6.07, 6.45) is 6.41. The first-order chi connectivity index (χ1) is 15.2. The fourth-order valence-corrected chi connectivity index (χ4v) is 3.86. The van der Waals surface area contributed by atoms with Crippen molar-refractivity contribution >= 4 is 22.8 Å². The second kappa shape index (κ2) is 8.10. The molecule has 0 aliphatic carbocycles. The molecule has 0 spiro atoms. The smallest absolute Gasteiger partial charge is 0.253 e. The number of aromatic amines is 1. The summed E-state index contributed by atoms with van der Waals surface area (Å²) in [6, 6.07) is 9.76. The summed E-state index contributed by atoms with van der Waals surface area (Å²) in [7, 11) is 0. The maximum absolute atomic E-state index is 13.4. The highest BCUT2D eigenvalue weighted by molar-refractivity contribution is 5.94. The largest absolute Gasteiger partial charge is 0.356 e. The Labute approximate surface area is 177 Å². The molecule has 0 bridgehead atoms. The lowest BCUT2D eigenvalue weighted by atomic mass is 10.0. The molecule has 4 heterocycles. The first-order valence-electron chi connectivity index (χ1n) is 10.1. The number of piperidine rings is 1. The Morgan fingerprint density at radius 3 is 2.74 bits per heavy atom. The van der Waals surface area contributed by atoms with Gasteiger partial charge in [-0.05, 0) is 37.1 Å². The van der Waals surface area contributed by atoms with E-state index in [1.54, 1.807) is 30.5 Å². The van der Waals surface area contributed by atoms with Crippen molar-refractivity contribution in [3.63, 3.8) is 0 Å². The van der Waals surface area contributed by atoms with Crippen molar-refractivity contribution in [1.29, 1.82) is 0 Å². The fraction of sp³-hybridized carbons (Fsp3) is 0.227. The number of fused-ring (bicyclic) bond motifs is 1. The molecule has 0 radical (unpaired) electrons. The monoisotopic (exact) mass is 417 g/mol. The Bertz CT molecular complexity index is 1220. The van der Waals surface area contributed by atoms with Crippen molar-refractivity contribution in [2.45, 2.75) is 18.9 Å². The molecule has 4 aromatic rings. The number of hydrogen-bond acceptors (Lipinski definition) is 6. The molecular formula is C22H20FN7O. The molecule has 2 N–H and O–H groups in total. The van der Waals surface area contributed by atoms with E-state index >= 15 is 0 Å². The van der Waals surface area contributed by atoms with E-state index in [1.807, 2.05) is 0 Å². The van der Waals surface area contributed by atoms with Crippen molar-refractivity contribution < 1.29 is 9.18 Å². The van der Waals surface area contributed by atoms with Crippen LogP contribution in [0, 0.1) is 5.82 Å². The third kappa shape index (κ3) is 3.94. The Balaban J connectivity index is 1.20. The Kier molecular flexibility index (Phi) is 4.99. The highest BCUT2D eigenvalue weighted by Crippen LogP contribution is 2.24. The number of aromatic nitrogens is 5. The predicted octanol–water partition coefficient (Wildman–Crippen LogP) is 2.95. The van der Waals surface area contributed by atoms with Gasteiger partial charge < -0.3 is 10.2 Å². The number of pyridine rings is 1. The topological polar surface area (TPSA) is 99.7 Å². The fourth-order valence-electron chi connectivity index (χ4n) is 3.86. The van der Waals surface area contributed by atoms with Crippen LogP contribution in [0.15, 0.2) is 55.1 Å². The number of H-pyrrole nitrogens is 1. The van der Waals surface area contributed by atoms with Gasteiger partial charge >= 0.3 is 0 Å². The van der Waals surface area contributed by atoms with Crippen LogP contribution in [0.2, 0.25) is 0 Å². The lowest BCUT2D eigenvalue weighted by molar-refractivity contribution is 0.0930. The molecule has 0 unspecified atom stereocenters. The van der Waals surface area contributed by atoms with E-state index < -0.39 is 0 Å². The summed E-state index contributed by atoms with van der Waals surface area (Å²) in [4.78, 5) is 27.7. The second-order valence-corrected chi connectivity index (χ2v) is 7.51. The molecule has 0 saturated carbocycles. The van der Waals surface area contributed by atoms with Crippen LogP contribution in [0.1, 0.15) is 23.2 Å². The minimum absolute atomic E-state index is 0.0772. The number of nitrogens with zero attached hydrogens (tertiary/aromatic N) is 5. The Morgan fingerprint density at radius 1 is 1.10 bits per heavy atom. The summed E-state index contributed by atoms with van der Waals surface area (Å²) in [6.45, 7) is 1.55. The maximum Gasteiger partial charge on any atom is 0.253 e. The molecular weight excluding hydrogens is 397 g/mol. The third-order valence-electron chi connectivity index (χ3n) is 5.50. The van der Waals surface area contributed by atoms with Crippen molar-refractivity contribution in [3.8, 4) is 11.3 Å². The summed E-state index contributed by atoms with van der Waals surface area (Å²) in [5.74, 6) is 0.389. The van der Waals surface area contributed by atoms with Gasteiger partial charge in [-0.1, -0.05) is 12.1 Å². The summed E-state index contributed by atoms with van der Waals surface area (Å²) in [5, 5.41) is 10.9. The van der Waals surface area contributed by atoms with E-state index in [4.69, 9.17) is 0 Å². The molecule has 156 valence electrons. The minimum atomic E-state index is -0.317. The molecule has 1 amide bonds. The van der Waals surface area contributed by atoms with Crippen LogP contribution in [0.5, 0.6) is 0 Å². The Morgan fingerprint density at radius 2 is 1.97 bits per heavy atom. The number of benzene rings is 1. The molecule has 1 aromatic carbocycles. The van der Waals surface area contributed by atoms with E-state index in [0.717, 1.165) is 42.8 Å². The molecule has 1 aliphatic rings. The highest BCUT2D eigenvalue weighted by Gasteiger charge is 2.23. The third-order valence-corrected chi connectivity index (χ3v) is 5.50. The average molecular weight is 417 g/mol. The maximum atomic E-state index is 13.4. The van der Waals surface area contributed by atoms with Crippen molar-refractivity contribution in [1.82, 2.24) is 30.5 Å². The lowest BCUT2D eigenvalue weighted by Crippen LogP contribution is -2.45. The van der Waals surface area contributed by atoms with Crippen LogP contribution in [0.25, 0.3) is 22.3 Å². The van der Waals surface area contributed by atoms with Crippen LogP contribution < -0.4 is 10.2 Å². The van der Waals surface area contributed by atoms with E-state index in [0.29, 0.717) is 16.8 Å². The van der Waals surface area contributed by atoms with E-state index in [1.165, 1.54) is 24.7 Å². The van der Waals surface area contributed by atoms with Gasteiger partial charge in [0.1, 0.15) is 18.0 Å². The van der Waals surface area contributed by atoms with Gasteiger partial charge in [-0.15, -0.1) is 0 Å². The zero-order valence-corrected chi connectivity index (χ0v) is 16.6. The zero-order valence-electron chi connectivity index (χ0n) is 16.6. The van der Waals surface area contributed by atoms with Crippen LogP contribution in [-0.2, 0) is 0 Å². The number of carbonyl (C=O) groups excluding carboxylic acids is 1. The summed E-state index contributed by atoms with van der Waals surface area (Å²) >= 11 is 0. The molecule has 0 atom stereocenters. The minimum Gasteiger partial charge on any atom is -0.356 e. The number of nitrogens with one attached hydrogen (secondary N) is 2. The number of rotatable bonds is 4. The molecule has 1 fully saturated rings. The zero-order chi connectivity index (χ0) is 21.2. The standard InChI is InChI=1S/C22H20FN7O/c23-16-3-1-2-14(10-16)19-5-4-15(11-24-19)22(31)28-17-6-8-30(9-7-17)21-18-12-27-29-20(18)25-13-26-21/h1-5,10-13,17H,6-9H2,(H,28,31)(H,25,26,27,29). The van der Waals surface area contributed by atoms with Gasteiger partial charge in [0.25, 0.3) is 5.91 Å². The SMILES string of the molecule is O=C(NC1CCN(c2ncnc3[nH]ncc23)CC1)c1ccc(-c2cccc(F)c2)nc1. The van der Waals surface area contributed by atoms with Crippen LogP contribution in [0.3, 0.4) is 0 Å². The van der Waals surface area contributed by atoms with Crippen LogP contribution in [-0.4, -0.2) is 50.2 Å². The number of anilines is 1. The van der Waals surface area contributed by atoms with Crippen LogP contribution >= 0.6 is 0 Å². The molecule has 9 heteroatoms. The number of halogens is 1. The molecule has 1 saturated heterocycles. The van der Waals surface area contributed by atoms with Gasteiger partial charge in [0.15, 0.2) is 5.65 Å². The van der Waals surface area contributed by atoms with E-state index in [-0.39, 0.29) is 17.8 Å². The highest BCUT2D eigenvalue weighted by atomic mass is 19.1. The quantitative estimate of drug-likeness (QED) is 0.530. The van der Waals surface area contributed by atoms with Gasteiger partial charge in [-0.3, -0.25) is 14.9 Å². The molecule has 1 aliphatic heterocycles. The first-order valence-corrected chi connectivity index (χ1v) is 10.1. The van der Waals surface area contributed by atoms with E-state index in [9.17, 15) is 9.18 Å².